The van der Waals surface area contributed by atoms with Crippen molar-refractivity contribution in [3.8, 4) is 0 Å². The molecule has 1 aliphatic rings. The topological polar surface area (TPSA) is 9.23 Å². The van der Waals surface area contributed by atoms with Crippen LogP contribution >= 0.6 is 15.9 Å². The second-order valence-corrected chi connectivity index (χ2v) is 4.33. The van der Waals surface area contributed by atoms with Crippen molar-refractivity contribution in [2.24, 2.45) is 11.8 Å². The summed E-state index contributed by atoms with van der Waals surface area (Å²) in [6.45, 7) is 1.21. The van der Waals surface area contributed by atoms with Crippen LogP contribution in [0.4, 0.5) is 13.2 Å². The standard InChI is InChI=1S/C9H14BrF3O/c10-6-8(5-9(11,12)13)7-1-3-14-4-2-7/h7-8H,1-6H2/t8-/m0/s1. The van der Waals surface area contributed by atoms with Crippen molar-refractivity contribution >= 4 is 15.9 Å². The van der Waals surface area contributed by atoms with E-state index >= 15 is 0 Å². The molecule has 0 unspecified atom stereocenters. The van der Waals surface area contributed by atoms with Gasteiger partial charge in [-0.1, -0.05) is 15.9 Å². The van der Waals surface area contributed by atoms with E-state index in [1.54, 1.807) is 0 Å². The molecule has 0 bridgehead atoms. The molecule has 5 heteroatoms. The van der Waals surface area contributed by atoms with E-state index in [0.29, 0.717) is 18.5 Å². The van der Waals surface area contributed by atoms with Gasteiger partial charge in [0.25, 0.3) is 0 Å². The Hall–Kier alpha value is 0.230. The Bertz CT molecular complexity index is 166. The predicted octanol–water partition coefficient (Wildman–Crippen LogP) is 3.38. The molecule has 1 saturated heterocycles. The van der Waals surface area contributed by atoms with Gasteiger partial charge in [0.2, 0.25) is 0 Å². The van der Waals surface area contributed by atoms with E-state index in [-0.39, 0.29) is 11.8 Å². The van der Waals surface area contributed by atoms with Crippen LogP contribution in [-0.4, -0.2) is 24.7 Å². The second kappa shape index (κ2) is 5.35. The minimum atomic E-state index is -4.04. The van der Waals surface area contributed by atoms with Crippen LogP contribution in [0.25, 0.3) is 0 Å². The van der Waals surface area contributed by atoms with Crippen LogP contribution in [0.3, 0.4) is 0 Å². The first-order valence-corrected chi connectivity index (χ1v) is 5.85. The molecule has 1 aliphatic heterocycles. The third kappa shape index (κ3) is 4.17. The lowest BCUT2D eigenvalue weighted by Crippen LogP contribution is -2.28. The average molecular weight is 275 g/mol. The lowest BCUT2D eigenvalue weighted by molar-refractivity contribution is -0.148. The van der Waals surface area contributed by atoms with Crippen molar-refractivity contribution in [3.63, 3.8) is 0 Å². The van der Waals surface area contributed by atoms with Crippen LogP contribution in [0.1, 0.15) is 19.3 Å². The second-order valence-electron chi connectivity index (χ2n) is 3.68. The molecule has 0 spiro atoms. The highest BCUT2D eigenvalue weighted by molar-refractivity contribution is 9.09. The molecule has 0 radical (unpaired) electrons. The fraction of sp³-hybridized carbons (Fsp3) is 1.00. The Morgan fingerprint density at radius 3 is 2.29 bits per heavy atom. The maximum Gasteiger partial charge on any atom is 0.389 e. The SMILES string of the molecule is FC(F)(F)C[C@@H](CBr)C1CCOCC1. The monoisotopic (exact) mass is 274 g/mol. The quantitative estimate of drug-likeness (QED) is 0.717. The van der Waals surface area contributed by atoms with Crippen molar-refractivity contribution in [3.05, 3.63) is 0 Å². The highest BCUT2D eigenvalue weighted by atomic mass is 79.9. The number of hydrogen-bond donors (Lipinski definition) is 0. The molecule has 1 rings (SSSR count). The zero-order valence-corrected chi connectivity index (χ0v) is 9.40. The van der Waals surface area contributed by atoms with Gasteiger partial charge in [-0.15, -0.1) is 0 Å². The predicted molar refractivity (Wildman–Crippen MR) is 51.5 cm³/mol. The molecule has 0 aromatic rings. The average Bonchev–Trinajstić information content (AvgIpc) is 2.14. The van der Waals surface area contributed by atoms with E-state index in [1.807, 2.05) is 0 Å². The van der Waals surface area contributed by atoms with E-state index in [4.69, 9.17) is 4.74 Å². The smallest absolute Gasteiger partial charge is 0.381 e. The molecular weight excluding hydrogens is 261 g/mol. The Kier molecular flexibility index (Phi) is 4.70. The van der Waals surface area contributed by atoms with Gasteiger partial charge in [0.1, 0.15) is 0 Å². The lowest BCUT2D eigenvalue weighted by Gasteiger charge is -2.29. The minimum Gasteiger partial charge on any atom is -0.381 e. The highest BCUT2D eigenvalue weighted by Crippen LogP contribution is 2.34. The molecular formula is C9H14BrF3O. The number of rotatable bonds is 3. The molecule has 0 aromatic carbocycles. The summed E-state index contributed by atoms with van der Waals surface area (Å²) in [4.78, 5) is 0. The fourth-order valence-electron chi connectivity index (χ4n) is 1.83. The molecule has 84 valence electrons. The Balaban J connectivity index is 2.43. The molecule has 14 heavy (non-hydrogen) atoms. The van der Waals surface area contributed by atoms with Gasteiger partial charge >= 0.3 is 6.18 Å². The summed E-state index contributed by atoms with van der Waals surface area (Å²) in [5, 5.41) is 0.428. The largest absolute Gasteiger partial charge is 0.389 e. The van der Waals surface area contributed by atoms with E-state index in [1.165, 1.54) is 0 Å². The summed E-state index contributed by atoms with van der Waals surface area (Å²) in [5.41, 5.74) is 0. The molecule has 0 aromatic heterocycles. The third-order valence-electron chi connectivity index (χ3n) is 2.62. The van der Waals surface area contributed by atoms with E-state index < -0.39 is 12.6 Å². The normalized spacial score (nSPS) is 22.3. The van der Waals surface area contributed by atoms with Gasteiger partial charge in [-0.2, -0.15) is 13.2 Å². The number of alkyl halides is 4. The number of hydrogen-bond acceptors (Lipinski definition) is 1. The zero-order chi connectivity index (χ0) is 10.6. The molecule has 0 amide bonds. The summed E-state index contributed by atoms with van der Waals surface area (Å²) in [7, 11) is 0. The Labute approximate surface area is 90.1 Å². The zero-order valence-electron chi connectivity index (χ0n) is 7.82. The Morgan fingerprint density at radius 1 is 1.29 bits per heavy atom. The maximum atomic E-state index is 12.2. The summed E-state index contributed by atoms with van der Waals surface area (Å²) in [6.07, 6.45) is -3.21. The molecule has 1 atom stereocenters. The van der Waals surface area contributed by atoms with Crippen molar-refractivity contribution in [2.75, 3.05) is 18.5 Å². The molecule has 0 N–H and O–H groups in total. The lowest BCUT2D eigenvalue weighted by atomic mass is 9.85. The van der Waals surface area contributed by atoms with Crippen molar-refractivity contribution < 1.29 is 17.9 Å². The van der Waals surface area contributed by atoms with E-state index in [2.05, 4.69) is 15.9 Å². The molecule has 1 nitrogen and oxygen atoms in total. The van der Waals surface area contributed by atoms with Crippen LogP contribution in [0.2, 0.25) is 0 Å². The van der Waals surface area contributed by atoms with Gasteiger partial charge in [0.15, 0.2) is 0 Å². The van der Waals surface area contributed by atoms with Gasteiger partial charge in [-0.3, -0.25) is 0 Å². The third-order valence-corrected chi connectivity index (χ3v) is 3.46. The summed E-state index contributed by atoms with van der Waals surface area (Å²) >= 11 is 3.16. The number of ether oxygens (including phenoxy) is 1. The maximum absolute atomic E-state index is 12.2. The van der Waals surface area contributed by atoms with Crippen LogP contribution in [-0.2, 0) is 4.74 Å². The van der Waals surface area contributed by atoms with Gasteiger partial charge in [0.05, 0.1) is 0 Å². The van der Waals surface area contributed by atoms with E-state index in [0.717, 1.165) is 12.8 Å². The van der Waals surface area contributed by atoms with Crippen molar-refractivity contribution in [1.29, 1.82) is 0 Å². The first kappa shape index (κ1) is 12.3. The van der Waals surface area contributed by atoms with E-state index in [9.17, 15) is 13.2 Å². The molecule has 0 aliphatic carbocycles. The number of halogens is 4. The first-order chi connectivity index (χ1) is 6.53. The highest BCUT2D eigenvalue weighted by Gasteiger charge is 2.35. The van der Waals surface area contributed by atoms with Crippen molar-refractivity contribution in [1.82, 2.24) is 0 Å². The van der Waals surface area contributed by atoms with Gasteiger partial charge in [-0.25, -0.2) is 0 Å². The van der Waals surface area contributed by atoms with Gasteiger partial charge < -0.3 is 4.74 Å². The molecule has 1 heterocycles. The fourth-order valence-corrected chi connectivity index (χ4v) is 2.59. The van der Waals surface area contributed by atoms with Crippen LogP contribution in [0.15, 0.2) is 0 Å². The molecule has 1 fully saturated rings. The van der Waals surface area contributed by atoms with Crippen LogP contribution in [0.5, 0.6) is 0 Å². The minimum absolute atomic E-state index is 0.157. The van der Waals surface area contributed by atoms with Crippen LogP contribution in [0, 0.1) is 11.8 Å². The van der Waals surface area contributed by atoms with Gasteiger partial charge in [0, 0.05) is 25.0 Å². The molecule has 0 saturated carbocycles. The summed E-state index contributed by atoms with van der Waals surface area (Å²) < 4.78 is 41.7. The summed E-state index contributed by atoms with van der Waals surface area (Å²) in [5.74, 6) is -0.136. The Morgan fingerprint density at radius 2 is 1.86 bits per heavy atom. The van der Waals surface area contributed by atoms with Gasteiger partial charge in [-0.05, 0) is 24.7 Å². The van der Waals surface area contributed by atoms with Crippen molar-refractivity contribution in [2.45, 2.75) is 25.4 Å². The van der Waals surface area contributed by atoms with Crippen LogP contribution < -0.4 is 0 Å². The summed E-state index contributed by atoms with van der Waals surface area (Å²) in [6, 6.07) is 0. The first-order valence-electron chi connectivity index (χ1n) is 4.73.